The Balaban J connectivity index is 1.76. The van der Waals surface area contributed by atoms with E-state index in [0.717, 1.165) is 5.56 Å². The van der Waals surface area contributed by atoms with Gasteiger partial charge in [-0.2, -0.15) is 0 Å². The second kappa shape index (κ2) is 8.52. The van der Waals surface area contributed by atoms with Crippen molar-refractivity contribution in [3.05, 3.63) is 71.8 Å². The number of hydrogen-bond acceptors (Lipinski definition) is 3. The zero-order valence-corrected chi connectivity index (χ0v) is 15.5. The SMILES string of the molecule is Cc1ccc(C(=O)Nc2ccccc2)cc1NC(=O)[C@@H]1CC=CC[C@@H]1C(=O)O. The molecule has 0 unspecified atom stereocenters. The number of amides is 2. The van der Waals surface area contributed by atoms with Crippen molar-refractivity contribution in [2.75, 3.05) is 10.6 Å². The molecule has 1 aliphatic rings. The zero-order chi connectivity index (χ0) is 20.1. The largest absolute Gasteiger partial charge is 0.481 e. The first-order valence-corrected chi connectivity index (χ1v) is 9.11. The Bertz CT molecular complexity index is 921. The van der Waals surface area contributed by atoms with Gasteiger partial charge in [0.1, 0.15) is 0 Å². The Kier molecular flexibility index (Phi) is 5.89. The van der Waals surface area contributed by atoms with Crippen LogP contribution in [-0.2, 0) is 9.59 Å². The van der Waals surface area contributed by atoms with Gasteiger partial charge in [0.15, 0.2) is 0 Å². The van der Waals surface area contributed by atoms with Gasteiger partial charge >= 0.3 is 5.97 Å². The molecule has 144 valence electrons. The van der Waals surface area contributed by atoms with Crippen LogP contribution in [0.3, 0.4) is 0 Å². The number of para-hydroxylation sites is 1. The van der Waals surface area contributed by atoms with E-state index in [1.165, 1.54) is 0 Å². The molecule has 3 rings (SSSR count). The van der Waals surface area contributed by atoms with Gasteiger partial charge in [-0.3, -0.25) is 14.4 Å². The molecular formula is C22H22N2O4. The van der Waals surface area contributed by atoms with Crippen LogP contribution in [0.4, 0.5) is 11.4 Å². The van der Waals surface area contributed by atoms with E-state index in [-0.39, 0.29) is 11.8 Å². The lowest BCUT2D eigenvalue weighted by Crippen LogP contribution is -2.34. The molecule has 6 nitrogen and oxygen atoms in total. The molecule has 6 heteroatoms. The summed E-state index contributed by atoms with van der Waals surface area (Å²) < 4.78 is 0. The second-order valence-corrected chi connectivity index (χ2v) is 6.83. The molecule has 2 aromatic rings. The molecule has 0 aliphatic heterocycles. The van der Waals surface area contributed by atoms with Crippen LogP contribution < -0.4 is 10.6 Å². The number of allylic oxidation sites excluding steroid dienone is 2. The maximum Gasteiger partial charge on any atom is 0.307 e. The van der Waals surface area contributed by atoms with Gasteiger partial charge in [-0.1, -0.05) is 36.4 Å². The van der Waals surface area contributed by atoms with Crippen LogP contribution in [0.1, 0.15) is 28.8 Å². The summed E-state index contributed by atoms with van der Waals surface area (Å²) in [7, 11) is 0. The van der Waals surface area contributed by atoms with E-state index >= 15 is 0 Å². The predicted octanol–water partition coefficient (Wildman–Crippen LogP) is 3.85. The summed E-state index contributed by atoms with van der Waals surface area (Å²) in [4.78, 5) is 36.6. The number of carbonyl (C=O) groups is 3. The number of benzene rings is 2. The van der Waals surface area contributed by atoms with Crippen LogP contribution >= 0.6 is 0 Å². The van der Waals surface area contributed by atoms with Crippen LogP contribution in [0, 0.1) is 18.8 Å². The lowest BCUT2D eigenvalue weighted by molar-refractivity contribution is -0.146. The summed E-state index contributed by atoms with van der Waals surface area (Å²) in [5.41, 5.74) is 2.38. The quantitative estimate of drug-likeness (QED) is 0.689. The standard InChI is InChI=1S/C22H22N2O4/c1-14-11-12-15(20(25)23-16-7-3-2-4-8-16)13-19(14)24-21(26)17-9-5-6-10-18(17)22(27)28/h2-8,11-13,17-18H,9-10H2,1H3,(H,23,25)(H,24,26)(H,27,28)/t17-,18+/m1/s1. The van der Waals surface area contributed by atoms with Crippen molar-refractivity contribution in [2.45, 2.75) is 19.8 Å². The fourth-order valence-electron chi connectivity index (χ4n) is 3.22. The van der Waals surface area contributed by atoms with Gasteiger partial charge in [0.05, 0.1) is 11.8 Å². The maximum atomic E-state index is 12.7. The van der Waals surface area contributed by atoms with Gasteiger partial charge in [0, 0.05) is 16.9 Å². The lowest BCUT2D eigenvalue weighted by Gasteiger charge is -2.24. The van der Waals surface area contributed by atoms with E-state index in [0.29, 0.717) is 29.8 Å². The Morgan fingerprint density at radius 2 is 1.61 bits per heavy atom. The number of hydrogen-bond donors (Lipinski definition) is 3. The Morgan fingerprint density at radius 3 is 2.29 bits per heavy atom. The van der Waals surface area contributed by atoms with Crippen molar-refractivity contribution in [3.8, 4) is 0 Å². The number of carboxylic acid groups (broad SMARTS) is 1. The molecule has 0 fully saturated rings. The third-order valence-corrected chi connectivity index (χ3v) is 4.88. The summed E-state index contributed by atoms with van der Waals surface area (Å²) in [5.74, 6) is -2.98. The summed E-state index contributed by atoms with van der Waals surface area (Å²) in [6.07, 6.45) is 4.35. The highest BCUT2D eigenvalue weighted by Crippen LogP contribution is 2.28. The number of carbonyl (C=O) groups excluding carboxylic acids is 2. The minimum absolute atomic E-state index is 0.286. The van der Waals surface area contributed by atoms with Gasteiger partial charge in [-0.15, -0.1) is 0 Å². The average molecular weight is 378 g/mol. The molecule has 3 N–H and O–H groups in total. The van der Waals surface area contributed by atoms with Crippen molar-refractivity contribution < 1.29 is 19.5 Å². The molecule has 0 saturated heterocycles. The molecule has 2 aromatic carbocycles. The van der Waals surface area contributed by atoms with Crippen LogP contribution in [0.5, 0.6) is 0 Å². The van der Waals surface area contributed by atoms with Gasteiger partial charge in [-0.05, 0) is 49.6 Å². The van der Waals surface area contributed by atoms with E-state index in [4.69, 9.17) is 0 Å². The Morgan fingerprint density at radius 1 is 0.929 bits per heavy atom. The van der Waals surface area contributed by atoms with Crippen LogP contribution in [0.2, 0.25) is 0 Å². The van der Waals surface area contributed by atoms with E-state index < -0.39 is 17.8 Å². The minimum atomic E-state index is -0.975. The lowest BCUT2D eigenvalue weighted by atomic mass is 9.82. The fourth-order valence-corrected chi connectivity index (χ4v) is 3.22. The molecule has 2 amide bonds. The Labute approximate surface area is 163 Å². The van der Waals surface area contributed by atoms with E-state index in [9.17, 15) is 19.5 Å². The normalized spacial score (nSPS) is 18.3. The second-order valence-electron chi connectivity index (χ2n) is 6.83. The molecule has 0 aromatic heterocycles. The van der Waals surface area contributed by atoms with Crippen molar-refractivity contribution in [1.82, 2.24) is 0 Å². The van der Waals surface area contributed by atoms with Gasteiger partial charge in [-0.25, -0.2) is 0 Å². The average Bonchev–Trinajstić information content (AvgIpc) is 2.70. The fraction of sp³-hybridized carbons (Fsp3) is 0.227. The number of carboxylic acids is 1. The third-order valence-electron chi connectivity index (χ3n) is 4.88. The molecule has 28 heavy (non-hydrogen) atoms. The molecule has 1 aliphatic carbocycles. The summed E-state index contributed by atoms with van der Waals surface area (Å²) >= 11 is 0. The predicted molar refractivity (Wildman–Crippen MR) is 107 cm³/mol. The highest BCUT2D eigenvalue weighted by Gasteiger charge is 2.34. The van der Waals surface area contributed by atoms with Crippen LogP contribution in [-0.4, -0.2) is 22.9 Å². The highest BCUT2D eigenvalue weighted by atomic mass is 16.4. The van der Waals surface area contributed by atoms with Crippen LogP contribution in [0.15, 0.2) is 60.7 Å². The first-order valence-electron chi connectivity index (χ1n) is 9.11. The summed E-state index contributed by atoms with van der Waals surface area (Å²) in [6.45, 7) is 1.82. The number of aryl methyl sites for hydroxylation is 1. The smallest absolute Gasteiger partial charge is 0.307 e. The molecule has 0 bridgehead atoms. The summed E-state index contributed by atoms with van der Waals surface area (Å²) in [5, 5.41) is 15.0. The maximum absolute atomic E-state index is 12.7. The van der Waals surface area contributed by atoms with E-state index in [2.05, 4.69) is 10.6 Å². The van der Waals surface area contributed by atoms with Crippen molar-refractivity contribution in [2.24, 2.45) is 11.8 Å². The molecule has 2 atom stereocenters. The molecule has 0 radical (unpaired) electrons. The molecule has 0 heterocycles. The first-order chi connectivity index (χ1) is 13.5. The van der Waals surface area contributed by atoms with Gasteiger partial charge in [0.2, 0.25) is 5.91 Å². The third kappa shape index (κ3) is 4.46. The first kappa shape index (κ1) is 19.4. The molecule has 0 spiro atoms. The van der Waals surface area contributed by atoms with Gasteiger partial charge in [0.25, 0.3) is 5.91 Å². The minimum Gasteiger partial charge on any atom is -0.481 e. The number of rotatable bonds is 5. The monoisotopic (exact) mass is 378 g/mol. The zero-order valence-electron chi connectivity index (χ0n) is 15.5. The molecular weight excluding hydrogens is 356 g/mol. The van der Waals surface area contributed by atoms with Crippen molar-refractivity contribution >= 4 is 29.2 Å². The topological polar surface area (TPSA) is 95.5 Å². The number of nitrogens with one attached hydrogen (secondary N) is 2. The van der Waals surface area contributed by atoms with Crippen LogP contribution in [0.25, 0.3) is 0 Å². The van der Waals surface area contributed by atoms with E-state index in [1.54, 1.807) is 36.4 Å². The van der Waals surface area contributed by atoms with Gasteiger partial charge < -0.3 is 15.7 Å². The highest BCUT2D eigenvalue weighted by molar-refractivity contribution is 6.05. The number of anilines is 2. The number of aliphatic carboxylic acids is 1. The van der Waals surface area contributed by atoms with Crippen molar-refractivity contribution in [1.29, 1.82) is 0 Å². The summed E-state index contributed by atoms with van der Waals surface area (Å²) in [6, 6.07) is 14.1. The Hall–Kier alpha value is -3.41. The van der Waals surface area contributed by atoms with Crippen molar-refractivity contribution in [3.63, 3.8) is 0 Å². The molecule has 0 saturated carbocycles. The van der Waals surface area contributed by atoms with E-state index in [1.807, 2.05) is 31.2 Å².